The highest BCUT2D eigenvalue weighted by Crippen LogP contribution is 2.15. The first-order chi connectivity index (χ1) is 13.5. The summed E-state index contributed by atoms with van der Waals surface area (Å²) in [5, 5.41) is 5.74. The Balaban J connectivity index is 1.57. The van der Waals surface area contributed by atoms with Gasteiger partial charge < -0.3 is 15.4 Å². The Morgan fingerprint density at radius 1 is 1.07 bits per heavy atom. The molecule has 28 heavy (non-hydrogen) atoms. The number of anilines is 1. The maximum absolute atomic E-state index is 12.5. The van der Waals surface area contributed by atoms with Crippen LogP contribution in [0.5, 0.6) is 0 Å². The predicted molar refractivity (Wildman–Crippen MR) is 108 cm³/mol. The van der Waals surface area contributed by atoms with E-state index >= 15 is 0 Å². The van der Waals surface area contributed by atoms with Gasteiger partial charge in [-0.3, -0.25) is 19.5 Å². The van der Waals surface area contributed by atoms with Crippen LogP contribution < -0.4 is 10.6 Å². The molecule has 2 aromatic rings. The normalized spacial score (nSPS) is 14.5. The van der Waals surface area contributed by atoms with E-state index in [-0.39, 0.29) is 17.5 Å². The number of carbonyl (C=O) groups excluding carboxylic acids is 2. The Kier molecular flexibility index (Phi) is 6.73. The van der Waals surface area contributed by atoms with Crippen LogP contribution in [0.1, 0.15) is 32.0 Å². The SMILES string of the molecule is Cc1cc(C)cc(NC(=O)c2cc(C(=O)NCCN3CCOCC3)ccn2)c1. The van der Waals surface area contributed by atoms with Gasteiger partial charge in [-0.15, -0.1) is 0 Å². The van der Waals surface area contributed by atoms with E-state index in [2.05, 4.69) is 20.5 Å². The van der Waals surface area contributed by atoms with Crippen LogP contribution >= 0.6 is 0 Å². The maximum Gasteiger partial charge on any atom is 0.274 e. The first-order valence-electron chi connectivity index (χ1n) is 9.45. The second kappa shape index (κ2) is 9.43. The van der Waals surface area contributed by atoms with Crippen molar-refractivity contribution in [3.63, 3.8) is 0 Å². The van der Waals surface area contributed by atoms with Crippen LogP contribution in [-0.2, 0) is 4.74 Å². The molecule has 0 atom stereocenters. The van der Waals surface area contributed by atoms with Gasteiger partial charge in [0.25, 0.3) is 11.8 Å². The third-order valence-electron chi connectivity index (χ3n) is 4.55. The third-order valence-corrected chi connectivity index (χ3v) is 4.55. The lowest BCUT2D eigenvalue weighted by Crippen LogP contribution is -2.41. The van der Waals surface area contributed by atoms with Crippen molar-refractivity contribution < 1.29 is 14.3 Å². The Bertz CT molecular complexity index is 827. The fourth-order valence-corrected chi connectivity index (χ4v) is 3.19. The second-order valence-electron chi connectivity index (χ2n) is 6.97. The number of aryl methyl sites for hydroxylation is 2. The van der Waals surface area contributed by atoms with Crippen LogP contribution in [0.3, 0.4) is 0 Å². The molecule has 2 N–H and O–H groups in total. The number of hydrogen-bond donors (Lipinski definition) is 2. The van der Waals surface area contributed by atoms with Crippen LogP contribution in [0, 0.1) is 13.8 Å². The summed E-state index contributed by atoms with van der Waals surface area (Å²) in [7, 11) is 0. The zero-order valence-corrected chi connectivity index (χ0v) is 16.3. The summed E-state index contributed by atoms with van der Waals surface area (Å²) in [5.41, 5.74) is 3.47. The first kappa shape index (κ1) is 20.0. The molecule has 1 aromatic carbocycles. The Morgan fingerprint density at radius 2 is 1.79 bits per heavy atom. The molecule has 1 aliphatic heterocycles. The van der Waals surface area contributed by atoms with Crippen LogP contribution in [0.25, 0.3) is 0 Å². The summed E-state index contributed by atoms with van der Waals surface area (Å²) >= 11 is 0. The fourth-order valence-electron chi connectivity index (χ4n) is 3.19. The topological polar surface area (TPSA) is 83.6 Å². The number of pyridine rings is 1. The summed E-state index contributed by atoms with van der Waals surface area (Å²) in [5.74, 6) is -0.552. The molecule has 1 aliphatic rings. The molecule has 2 amide bonds. The molecule has 0 unspecified atom stereocenters. The van der Waals surface area contributed by atoms with Crippen LogP contribution in [0.15, 0.2) is 36.5 Å². The van der Waals surface area contributed by atoms with Crippen molar-refractivity contribution in [3.8, 4) is 0 Å². The van der Waals surface area contributed by atoms with Crippen molar-refractivity contribution in [1.29, 1.82) is 0 Å². The minimum atomic E-state index is -0.340. The number of benzene rings is 1. The molecular weight excluding hydrogens is 356 g/mol. The second-order valence-corrected chi connectivity index (χ2v) is 6.97. The van der Waals surface area contributed by atoms with E-state index in [9.17, 15) is 9.59 Å². The molecule has 1 fully saturated rings. The van der Waals surface area contributed by atoms with Gasteiger partial charge in [-0.25, -0.2) is 0 Å². The molecule has 2 heterocycles. The lowest BCUT2D eigenvalue weighted by atomic mass is 10.1. The van der Waals surface area contributed by atoms with Gasteiger partial charge in [0.2, 0.25) is 0 Å². The standard InChI is InChI=1S/C21H26N4O3/c1-15-11-16(2)13-18(12-15)24-21(27)19-14-17(3-4-22-19)20(26)23-5-6-25-7-9-28-10-8-25/h3-4,11-14H,5-10H2,1-2H3,(H,23,26)(H,24,27). The smallest absolute Gasteiger partial charge is 0.274 e. The molecule has 148 valence electrons. The molecule has 7 nitrogen and oxygen atoms in total. The van der Waals surface area contributed by atoms with Crippen molar-refractivity contribution in [2.24, 2.45) is 0 Å². The minimum absolute atomic E-state index is 0.208. The van der Waals surface area contributed by atoms with Gasteiger partial charge in [-0.05, 0) is 49.2 Å². The van der Waals surface area contributed by atoms with Gasteiger partial charge in [0.15, 0.2) is 0 Å². The number of aromatic nitrogens is 1. The van der Waals surface area contributed by atoms with Crippen molar-refractivity contribution in [2.45, 2.75) is 13.8 Å². The Hall–Kier alpha value is -2.77. The number of amides is 2. The number of carbonyl (C=O) groups is 2. The molecule has 0 spiro atoms. The largest absolute Gasteiger partial charge is 0.379 e. The van der Waals surface area contributed by atoms with Crippen molar-refractivity contribution >= 4 is 17.5 Å². The summed E-state index contributed by atoms with van der Waals surface area (Å²) in [6.07, 6.45) is 1.48. The Morgan fingerprint density at radius 3 is 2.50 bits per heavy atom. The monoisotopic (exact) mass is 382 g/mol. The average molecular weight is 382 g/mol. The van der Waals surface area contributed by atoms with E-state index in [4.69, 9.17) is 4.74 Å². The van der Waals surface area contributed by atoms with E-state index in [1.807, 2.05) is 32.0 Å². The molecule has 0 bridgehead atoms. The molecule has 1 saturated heterocycles. The molecule has 0 aliphatic carbocycles. The molecule has 1 aromatic heterocycles. The number of hydrogen-bond acceptors (Lipinski definition) is 5. The molecule has 0 radical (unpaired) electrons. The van der Waals surface area contributed by atoms with E-state index in [1.54, 1.807) is 6.07 Å². The zero-order chi connectivity index (χ0) is 19.9. The Labute approximate surface area is 165 Å². The van der Waals surface area contributed by atoms with Gasteiger partial charge in [0, 0.05) is 43.6 Å². The van der Waals surface area contributed by atoms with E-state index < -0.39 is 0 Å². The zero-order valence-electron chi connectivity index (χ0n) is 16.3. The quantitative estimate of drug-likeness (QED) is 0.799. The van der Waals surface area contributed by atoms with E-state index in [0.29, 0.717) is 17.8 Å². The minimum Gasteiger partial charge on any atom is -0.379 e. The van der Waals surface area contributed by atoms with E-state index in [0.717, 1.165) is 44.0 Å². The summed E-state index contributed by atoms with van der Waals surface area (Å²) in [6, 6.07) is 8.95. The first-order valence-corrected chi connectivity index (χ1v) is 9.45. The van der Waals surface area contributed by atoms with Gasteiger partial charge in [-0.2, -0.15) is 0 Å². The van der Waals surface area contributed by atoms with Crippen molar-refractivity contribution in [3.05, 3.63) is 58.9 Å². The van der Waals surface area contributed by atoms with Crippen LogP contribution in [-0.4, -0.2) is 61.1 Å². The number of nitrogens with one attached hydrogen (secondary N) is 2. The fraction of sp³-hybridized carbons (Fsp3) is 0.381. The third kappa shape index (κ3) is 5.61. The van der Waals surface area contributed by atoms with Crippen LogP contribution in [0.2, 0.25) is 0 Å². The van der Waals surface area contributed by atoms with Gasteiger partial charge in [0.05, 0.1) is 13.2 Å². The summed E-state index contributed by atoms with van der Waals surface area (Å²) in [6.45, 7) is 8.51. The highest BCUT2D eigenvalue weighted by molar-refractivity contribution is 6.04. The van der Waals surface area contributed by atoms with Gasteiger partial charge in [-0.1, -0.05) is 6.07 Å². The molecular formula is C21H26N4O3. The predicted octanol–water partition coefficient (Wildman–Crippen LogP) is 2.01. The number of nitrogens with zero attached hydrogens (tertiary/aromatic N) is 2. The van der Waals surface area contributed by atoms with Gasteiger partial charge in [0.1, 0.15) is 5.69 Å². The molecule has 7 heteroatoms. The van der Waals surface area contributed by atoms with Gasteiger partial charge >= 0.3 is 0 Å². The molecule has 3 rings (SSSR count). The summed E-state index contributed by atoms with van der Waals surface area (Å²) < 4.78 is 5.31. The molecule has 0 saturated carbocycles. The highest BCUT2D eigenvalue weighted by atomic mass is 16.5. The number of morpholine rings is 1. The number of ether oxygens (including phenoxy) is 1. The summed E-state index contributed by atoms with van der Waals surface area (Å²) in [4.78, 5) is 31.3. The van der Waals surface area contributed by atoms with E-state index in [1.165, 1.54) is 12.3 Å². The number of rotatable bonds is 6. The lowest BCUT2D eigenvalue weighted by molar-refractivity contribution is 0.0383. The van der Waals surface area contributed by atoms with Crippen LogP contribution in [0.4, 0.5) is 5.69 Å². The average Bonchev–Trinajstić information content (AvgIpc) is 2.68. The van der Waals surface area contributed by atoms with Crippen molar-refractivity contribution in [2.75, 3.05) is 44.7 Å². The maximum atomic E-state index is 12.5. The lowest BCUT2D eigenvalue weighted by Gasteiger charge is -2.26. The van der Waals surface area contributed by atoms with Crippen molar-refractivity contribution in [1.82, 2.24) is 15.2 Å². The highest BCUT2D eigenvalue weighted by Gasteiger charge is 2.14.